The molecule has 2 aliphatic heterocycles. The first kappa shape index (κ1) is 19.8. The van der Waals surface area contributed by atoms with Gasteiger partial charge < -0.3 is 26.2 Å². The Morgan fingerprint density at radius 3 is 2.57 bits per heavy atom. The minimum absolute atomic E-state index is 0.0412. The Bertz CT molecular complexity index is 764. The summed E-state index contributed by atoms with van der Waals surface area (Å²) in [7, 11) is 0. The van der Waals surface area contributed by atoms with Crippen LogP contribution in [-0.2, 0) is 9.59 Å². The lowest BCUT2D eigenvalue weighted by Gasteiger charge is -2.34. The summed E-state index contributed by atoms with van der Waals surface area (Å²) in [5.41, 5.74) is 1.15. The van der Waals surface area contributed by atoms with Gasteiger partial charge in [0.05, 0.1) is 0 Å². The number of anilines is 1. The quantitative estimate of drug-likeness (QED) is 0.546. The number of Topliss-reactive ketones (excluding diaryl/α,β-unsaturated/α-hetero) is 1. The summed E-state index contributed by atoms with van der Waals surface area (Å²) in [6.07, 6.45) is 1.44. The van der Waals surface area contributed by atoms with E-state index in [4.69, 9.17) is 0 Å². The zero-order valence-electron chi connectivity index (χ0n) is 15.8. The second-order valence-corrected chi connectivity index (χ2v) is 7.01. The maximum Gasteiger partial charge on any atom is 0.321 e. The fraction of sp³-hybridized carbons (Fsp3) is 0.474. The lowest BCUT2D eigenvalue weighted by Crippen LogP contribution is -2.61. The van der Waals surface area contributed by atoms with Gasteiger partial charge in [-0.2, -0.15) is 0 Å². The van der Waals surface area contributed by atoms with E-state index in [9.17, 15) is 19.2 Å². The molecule has 28 heavy (non-hydrogen) atoms. The van der Waals surface area contributed by atoms with Crippen LogP contribution in [0.2, 0.25) is 0 Å². The number of piperazine rings is 1. The van der Waals surface area contributed by atoms with Gasteiger partial charge in [0.2, 0.25) is 11.8 Å². The van der Waals surface area contributed by atoms with E-state index >= 15 is 0 Å². The molecular weight excluding hydrogens is 362 g/mol. The number of nitrogens with one attached hydrogen (secondary N) is 4. The highest BCUT2D eigenvalue weighted by Crippen LogP contribution is 2.12. The van der Waals surface area contributed by atoms with E-state index in [-0.39, 0.29) is 30.2 Å². The molecule has 4 amide bonds. The minimum Gasteiger partial charge on any atom is -0.354 e. The zero-order chi connectivity index (χ0) is 20.1. The first-order valence-electron chi connectivity index (χ1n) is 9.42. The number of hydrogen-bond acceptors (Lipinski definition) is 5. The molecule has 2 fully saturated rings. The third-order valence-corrected chi connectivity index (χ3v) is 4.92. The summed E-state index contributed by atoms with van der Waals surface area (Å²) in [6, 6.07) is 5.24. The monoisotopic (exact) mass is 387 g/mol. The number of hydrogen-bond donors (Lipinski definition) is 4. The van der Waals surface area contributed by atoms with E-state index in [0.29, 0.717) is 37.3 Å². The van der Waals surface area contributed by atoms with Gasteiger partial charge in [0, 0.05) is 37.4 Å². The molecule has 3 rings (SSSR count). The normalized spacial score (nSPS) is 22.2. The molecule has 0 radical (unpaired) electrons. The first-order chi connectivity index (χ1) is 13.4. The van der Waals surface area contributed by atoms with Crippen molar-refractivity contribution >= 4 is 29.3 Å². The first-order valence-corrected chi connectivity index (χ1v) is 9.42. The van der Waals surface area contributed by atoms with Crippen LogP contribution in [0.3, 0.4) is 0 Å². The average molecular weight is 387 g/mol. The van der Waals surface area contributed by atoms with Crippen molar-refractivity contribution in [3.8, 4) is 0 Å². The van der Waals surface area contributed by atoms with Crippen LogP contribution >= 0.6 is 0 Å². The fourth-order valence-electron chi connectivity index (χ4n) is 3.28. The van der Waals surface area contributed by atoms with E-state index in [1.54, 1.807) is 29.2 Å². The van der Waals surface area contributed by atoms with Gasteiger partial charge in [-0.3, -0.25) is 14.4 Å². The molecule has 0 aromatic heterocycles. The van der Waals surface area contributed by atoms with Crippen LogP contribution in [0, 0.1) is 0 Å². The molecule has 9 nitrogen and oxygen atoms in total. The summed E-state index contributed by atoms with van der Waals surface area (Å²) in [4.78, 5) is 49.7. The topological polar surface area (TPSA) is 120 Å². The Labute approximate surface area is 163 Å². The lowest BCUT2D eigenvalue weighted by atomic mass is 10.1. The molecule has 2 atom stereocenters. The second kappa shape index (κ2) is 8.83. The highest BCUT2D eigenvalue weighted by Gasteiger charge is 2.31. The van der Waals surface area contributed by atoms with Crippen LogP contribution in [0.5, 0.6) is 0 Å². The van der Waals surface area contributed by atoms with Gasteiger partial charge >= 0.3 is 6.03 Å². The van der Waals surface area contributed by atoms with Crippen LogP contribution in [-0.4, -0.2) is 66.8 Å². The van der Waals surface area contributed by atoms with Crippen molar-refractivity contribution in [2.75, 3.05) is 31.5 Å². The zero-order valence-corrected chi connectivity index (χ0v) is 15.8. The summed E-state index contributed by atoms with van der Waals surface area (Å²) in [5.74, 6) is -0.495. The number of piperidine rings is 1. The van der Waals surface area contributed by atoms with Crippen molar-refractivity contribution in [2.24, 2.45) is 0 Å². The van der Waals surface area contributed by atoms with E-state index in [0.717, 1.165) is 6.42 Å². The number of carbonyl (C=O) groups is 4. The largest absolute Gasteiger partial charge is 0.354 e. The third-order valence-electron chi connectivity index (χ3n) is 4.92. The van der Waals surface area contributed by atoms with Gasteiger partial charge in [-0.25, -0.2) is 4.79 Å². The van der Waals surface area contributed by atoms with Gasteiger partial charge in [-0.1, -0.05) is 0 Å². The Kier molecular flexibility index (Phi) is 6.25. The SMILES string of the molecule is CC(=O)c1ccc(NC(=O)N2CCN[C@@H](C(=O)N[C@@H]3CCCNC3=O)C2)cc1. The molecule has 2 heterocycles. The number of ketones is 1. The average Bonchev–Trinajstić information content (AvgIpc) is 2.70. The van der Waals surface area contributed by atoms with Crippen LogP contribution in [0.1, 0.15) is 30.1 Å². The predicted molar refractivity (Wildman–Crippen MR) is 103 cm³/mol. The molecule has 0 aliphatic carbocycles. The maximum atomic E-state index is 12.5. The maximum absolute atomic E-state index is 12.5. The van der Waals surface area contributed by atoms with Gasteiger partial charge in [-0.05, 0) is 44.0 Å². The van der Waals surface area contributed by atoms with Crippen LogP contribution in [0.25, 0.3) is 0 Å². The van der Waals surface area contributed by atoms with Gasteiger partial charge in [0.1, 0.15) is 12.1 Å². The standard InChI is InChI=1S/C19H25N5O4/c1-12(25)13-4-6-14(7-5-13)22-19(28)24-10-9-20-16(11-24)18(27)23-15-3-2-8-21-17(15)26/h4-7,15-16,20H,2-3,8-11H2,1H3,(H,21,26)(H,22,28)(H,23,27)/t15-,16-/m1/s1. The van der Waals surface area contributed by atoms with Crippen molar-refractivity contribution in [1.82, 2.24) is 20.9 Å². The van der Waals surface area contributed by atoms with Crippen molar-refractivity contribution in [3.63, 3.8) is 0 Å². The highest BCUT2D eigenvalue weighted by atomic mass is 16.2. The molecule has 1 aromatic rings. The van der Waals surface area contributed by atoms with E-state index in [1.165, 1.54) is 6.92 Å². The Morgan fingerprint density at radius 1 is 1.14 bits per heavy atom. The van der Waals surface area contributed by atoms with Crippen molar-refractivity contribution in [1.29, 1.82) is 0 Å². The lowest BCUT2D eigenvalue weighted by molar-refractivity contribution is -0.131. The third kappa shape index (κ3) is 4.86. The van der Waals surface area contributed by atoms with Crippen molar-refractivity contribution in [2.45, 2.75) is 31.8 Å². The molecule has 0 saturated carbocycles. The number of carbonyl (C=O) groups excluding carboxylic acids is 4. The molecule has 150 valence electrons. The molecule has 0 unspecified atom stereocenters. The van der Waals surface area contributed by atoms with Crippen LogP contribution in [0.15, 0.2) is 24.3 Å². The van der Waals surface area contributed by atoms with Gasteiger partial charge in [-0.15, -0.1) is 0 Å². The fourth-order valence-corrected chi connectivity index (χ4v) is 3.28. The molecule has 0 spiro atoms. The van der Waals surface area contributed by atoms with Crippen molar-refractivity contribution < 1.29 is 19.2 Å². The molecule has 2 aliphatic rings. The summed E-state index contributed by atoms with van der Waals surface area (Å²) >= 11 is 0. The van der Waals surface area contributed by atoms with Gasteiger partial charge in [0.15, 0.2) is 5.78 Å². The number of nitrogens with zero attached hydrogens (tertiary/aromatic N) is 1. The number of rotatable bonds is 4. The van der Waals surface area contributed by atoms with Crippen molar-refractivity contribution in [3.05, 3.63) is 29.8 Å². The number of urea groups is 1. The molecule has 9 heteroatoms. The molecule has 4 N–H and O–H groups in total. The highest BCUT2D eigenvalue weighted by molar-refractivity contribution is 5.95. The Balaban J connectivity index is 1.54. The predicted octanol–water partition coefficient (Wildman–Crippen LogP) is 0.0897. The van der Waals surface area contributed by atoms with E-state index < -0.39 is 12.1 Å². The van der Waals surface area contributed by atoms with Crippen LogP contribution in [0.4, 0.5) is 10.5 Å². The minimum atomic E-state index is -0.575. The second-order valence-electron chi connectivity index (χ2n) is 7.01. The molecule has 2 saturated heterocycles. The molecule has 1 aromatic carbocycles. The number of benzene rings is 1. The summed E-state index contributed by atoms with van der Waals surface area (Å²) < 4.78 is 0. The Hall–Kier alpha value is -2.94. The Morgan fingerprint density at radius 2 is 1.89 bits per heavy atom. The molecule has 0 bridgehead atoms. The smallest absolute Gasteiger partial charge is 0.321 e. The van der Waals surface area contributed by atoms with E-state index in [1.807, 2.05) is 0 Å². The molecular formula is C19H25N5O4. The summed E-state index contributed by atoms with van der Waals surface area (Å²) in [5, 5.41) is 11.4. The number of amides is 4. The van der Waals surface area contributed by atoms with Gasteiger partial charge in [0.25, 0.3) is 0 Å². The summed E-state index contributed by atoms with van der Waals surface area (Å²) in [6.45, 7) is 3.26. The van der Waals surface area contributed by atoms with Crippen LogP contribution < -0.4 is 21.3 Å². The van der Waals surface area contributed by atoms with E-state index in [2.05, 4.69) is 21.3 Å².